The Morgan fingerprint density at radius 1 is 1.25 bits per heavy atom. The molecule has 0 amide bonds. The van der Waals surface area contributed by atoms with Crippen LogP contribution in [0.1, 0.15) is 23.2 Å². The lowest BCUT2D eigenvalue weighted by molar-refractivity contribution is 0.0488. The average molecular weight is 415 g/mol. The van der Waals surface area contributed by atoms with Crippen molar-refractivity contribution in [1.82, 2.24) is 9.55 Å². The lowest BCUT2D eigenvalue weighted by atomic mass is 10.1. The number of aromatic nitrogens is 2. The van der Waals surface area contributed by atoms with Crippen LogP contribution in [-0.4, -0.2) is 22.1 Å². The molecule has 0 radical (unpaired) electrons. The van der Waals surface area contributed by atoms with Gasteiger partial charge in [-0.15, -0.1) is 11.3 Å². The zero-order valence-electron chi connectivity index (χ0n) is 14.8. The van der Waals surface area contributed by atoms with Crippen molar-refractivity contribution in [2.24, 2.45) is 0 Å². The molecule has 3 aromatic heterocycles. The second-order valence-electron chi connectivity index (χ2n) is 6.00. The Balaban J connectivity index is 1.70. The predicted molar refractivity (Wildman–Crippen MR) is 108 cm³/mol. The molecule has 0 unspecified atom stereocenters. The second-order valence-corrected chi connectivity index (χ2v) is 7.30. The first-order valence-electron chi connectivity index (χ1n) is 8.55. The van der Waals surface area contributed by atoms with Crippen molar-refractivity contribution in [2.45, 2.75) is 13.5 Å². The molecule has 1 aromatic carbocycles. The minimum absolute atomic E-state index is 0.108. The van der Waals surface area contributed by atoms with Gasteiger partial charge in [-0.2, -0.15) is 0 Å². The Labute approximate surface area is 169 Å². The molecule has 8 heteroatoms. The smallest absolute Gasteiger partial charge is 0.374 e. The van der Waals surface area contributed by atoms with E-state index in [1.807, 2.05) is 17.5 Å². The van der Waals surface area contributed by atoms with Gasteiger partial charge >= 0.3 is 5.97 Å². The van der Waals surface area contributed by atoms with Crippen molar-refractivity contribution in [3.8, 4) is 11.1 Å². The van der Waals surface area contributed by atoms with Crippen LogP contribution in [0, 0.1) is 0 Å². The lowest BCUT2D eigenvalue weighted by Crippen LogP contribution is -2.20. The number of carbonyl (C=O) groups excluding carboxylic acids is 1. The number of hydrogen-bond acceptors (Lipinski definition) is 6. The van der Waals surface area contributed by atoms with Crippen LogP contribution in [0.15, 0.2) is 57.3 Å². The molecule has 4 aromatic rings. The summed E-state index contributed by atoms with van der Waals surface area (Å²) in [7, 11) is 0. The summed E-state index contributed by atoms with van der Waals surface area (Å²) in [5.41, 5.74) is 1.54. The van der Waals surface area contributed by atoms with Gasteiger partial charge < -0.3 is 9.15 Å². The summed E-state index contributed by atoms with van der Waals surface area (Å²) in [4.78, 5) is 29.9. The first-order valence-corrected chi connectivity index (χ1v) is 9.81. The van der Waals surface area contributed by atoms with E-state index in [4.69, 9.17) is 20.8 Å². The molecule has 4 rings (SSSR count). The van der Waals surface area contributed by atoms with E-state index in [0.29, 0.717) is 21.0 Å². The van der Waals surface area contributed by atoms with Crippen LogP contribution in [-0.2, 0) is 11.3 Å². The number of carbonyl (C=O) groups is 1. The highest BCUT2D eigenvalue weighted by molar-refractivity contribution is 7.17. The summed E-state index contributed by atoms with van der Waals surface area (Å²) in [5.74, 6) is 0.0448. The van der Waals surface area contributed by atoms with E-state index in [0.717, 1.165) is 11.1 Å². The minimum atomic E-state index is -0.530. The fourth-order valence-corrected chi connectivity index (χ4v) is 3.90. The Kier molecular flexibility index (Phi) is 5.02. The number of esters is 1. The summed E-state index contributed by atoms with van der Waals surface area (Å²) in [6.07, 6.45) is 1.49. The van der Waals surface area contributed by atoms with Crippen molar-refractivity contribution >= 4 is 39.1 Å². The number of fused-ring (bicyclic) bond motifs is 1. The molecule has 142 valence electrons. The molecular formula is C20H15ClN2O4S. The molecule has 0 N–H and O–H groups in total. The largest absolute Gasteiger partial charge is 0.460 e. The highest BCUT2D eigenvalue weighted by Gasteiger charge is 2.16. The molecule has 0 aliphatic carbocycles. The first-order chi connectivity index (χ1) is 13.6. The number of rotatable bonds is 5. The van der Waals surface area contributed by atoms with E-state index in [9.17, 15) is 9.59 Å². The van der Waals surface area contributed by atoms with Gasteiger partial charge in [0.05, 0.1) is 24.9 Å². The van der Waals surface area contributed by atoms with Gasteiger partial charge in [-0.3, -0.25) is 9.36 Å². The SMILES string of the molecule is CCOC(=O)c1ccc(Cn2cnc3scc(-c4ccc(Cl)cc4)c3c2=O)o1. The molecule has 28 heavy (non-hydrogen) atoms. The van der Waals surface area contributed by atoms with Gasteiger partial charge in [0.2, 0.25) is 5.76 Å². The van der Waals surface area contributed by atoms with Gasteiger partial charge in [0.15, 0.2) is 0 Å². The van der Waals surface area contributed by atoms with Gasteiger partial charge in [-0.1, -0.05) is 23.7 Å². The van der Waals surface area contributed by atoms with Gasteiger partial charge in [0, 0.05) is 16.0 Å². The Morgan fingerprint density at radius 3 is 2.79 bits per heavy atom. The lowest BCUT2D eigenvalue weighted by Gasteiger charge is -2.05. The van der Waals surface area contributed by atoms with E-state index >= 15 is 0 Å². The molecule has 0 aliphatic heterocycles. The number of nitrogens with zero attached hydrogens (tertiary/aromatic N) is 2. The molecule has 0 bridgehead atoms. The maximum atomic E-state index is 13.1. The normalized spacial score (nSPS) is 11.1. The van der Waals surface area contributed by atoms with Crippen LogP contribution >= 0.6 is 22.9 Å². The highest BCUT2D eigenvalue weighted by atomic mass is 35.5. The number of hydrogen-bond donors (Lipinski definition) is 0. The first kappa shape index (κ1) is 18.5. The number of thiophene rings is 1. The zero-order chi connectivity index (χ0) is 19.7. The maximum absolute atomic E-state index is 13.1. The molecule has 0 fully saturated rings. The van der Waals surface area contributed by atoms with Crippen molar-refractivity contribution < 1.29 is 13.9 Å². The topological polar surface area (TPSA) is 74.3 Å². The molecule has 0 atom stereocenters. The third-order valence-corrected chi connectivity index (χ3v) is 5.32. The summed E-state index contributed by atoms with van der Waals surface area (Å²) in [6, 6.07) is 10.5. The fraction of sp³-hybridized carbons (Fsp3) is 0.150. The van der Waals surface area contributed by atoms with E-state index in [1.54, 1.807) is 25.1 Å². The maximum Gasteiger partial charge on any atom is 0.374 e. The Morgan fingerprint density at radius 2 is 2.04 bits per heavy atom. The van der Waals surface area contributed by atoms with Gasteiger partial charge in [0.1, 0.15) is 10.6 Å². The highest BCUT2D eigenvalue weighted by Crippen LogP contribution is 2.31. The van der Waals surface area contributed by atoms with Crippen LogP contribution in [0.2, 0.25) is 5.02 Å². The second kappa shape index (κ2) is 7.61. The van der Waals surface area contributed by atoms with E-state index < -0.39 is 5.97 Å². The van der Waals surface area contributed by atoms with Crippen molar-refractivity contribution in [2.75, 3.05) is 6.61 Å². The monoisotopic (exact) mass is 414 g/mol. The van der Waals surface area contributed by atoms with Crippen LogP contribution < -0.4 is 5.56 Å². The van der Waals surface area contributed by atoms with Gasteiger partial charge in [0.25, 0.3) is 5.56 Å². The third kappa shape index (κ3) is 3.46. The molecule has 6 nitrogen and oxygen atoms in total. The Bertz CT molecular complexity index is 1210. The van der Waals surface area contributed by atoms with Crippen molar-refractivity contribution in [3.05, 3.63) is 75.0 Å². The molecular weight excluding hydrogens is 400 g/mol. The van der Waals surface area contributed by atoms with Crippen LogP contribution in [0.3, 0.4) is 0 Å². The van der Waals surface area contributed by atoms with Crippen LogP contribution in [0.25, 0.3) is 21.3 Å². The summed E-state index contributed by atoms with van der Waals surface area (Å²) in [5, 5.41) is 3.10. The quantitative estimate of drug-likeness (QED) is 0.446. The number of ether oxygens (including phenoxy) is 1. The summed E-state index contributed by atoms with van der Waals surface area (Å²) < 4.78 is 11.9. The third-order valence-electron chi connectivity index (χ3n) is 4.18. The fourth-order valence-electron chi connectivity index (χ4n) is 2.86. The molecule has 0 spiro atoms. The predicted octanol–water partition coefficient (Wildman–Crippen LogP) is 4.60. The minimum Gasteiger partial charge on any atom is -0.460 e. The summed E-state index contributed by atoms with van der Waals surface area (Å²) in [6.45, 7) is 2.15. The van der Waals surface area contributed by atoms with Crippen LogP contribution in [0.5, 0.6) is 0 Å². The molecule has 0 saturated carbocycles. The van der Waals surface area contributed by atoms with Crippen LogP contribution in [0.4, 0.5) is 0 Å². The zero-order valence-corrected chi connectivity index (χ0v) is 16.4. The van der Waals surface area contributed by atoms with Crippen molar-refractivity contribution in [1.29, 1.82) is 0 Å². The average Bonchev–Trinajstić information content (AvgIpc) is 3.32. The van der Waals surface area contributed by atoms with E-state index in [2.05, 4.69) is 4.98 Å². The van der Waals surface area contributed by atoms with Crippen molar-refractivity contribution in [3.63, 3.8) is 0 Å². The number of furan rings is 1. The molecule has 0 aliphatic rings. The standard InChI is InChI=1S/C20H15ClN2O4S/c1-2-26-20(25)16-8-7-14(27-16)9-23-11-22-18-17(19(23)24)15(10-28-18)12-3-5-13(21)6-4-12/h3-8,10-11H,2,9H2,1H3. The Hall–Kier alpha value is -2.90. The van der Waals surface area contributed by atoms with E-state index in [1.165, 1.54) is 28.3 Å². The molecule has 3 heterocycles. The summed E-state index contributed by atoms with van der Waals surface area (Å²) >= 11 is 7.38. The van der Waals surface area contributed by atoms with E-state index in [-0.39, 0.29) is 24.5 Å². The molecule has 0 saturated heterocycles. The van der Waals surface area contributed by atoms with Gasteiger partial charge in [-0.25, -0.2) is 9.78 Å². The number of halogens is 1. The van der Waals surface area contributed by atoms with Gasteiger partial charge in [-0.05, 0) is 36.8 Å². The number of benzene rings is 1.